The van der Waals surface area contributed by atoms with Gasteiger partial charge in [-0.05, 0) is 37.3 Å². The number of nitrogens with one attached hydrogen (secondary N) is 1. The van der Waals surface area contributed by atoms with Crippen molar-refractivity contribution < 1.29 is 24.5 Å². The largest absolute Gasteiger partial charge is 0.507 e. The van der Waals surface area contributed by atoms with Gasteiger partial charge in [-0.25, -0.2) is 0 Å². The van der Waals surface area contributed by atoms with Crippen LogP contribution < -0.4 is 5.32 Å². The lowest BCUT2D eigenvalue weighted by Crippen LogP contribution is -2.39. The molecule has 4 unspecified atom stereocenters. The Morgan fingerprint density at radius 3 is 2.84 bits per heavy atom. The van der Waals surface area contributed by atoms with Crippen LogP contribution in [0.3, 0.4) is 0 Å². The fourth-order valence-corrected chi connectivity index (χ4v) is 4.21. The number of fused-ring (bicyclic) bond motifs is 3. The van der Waals surface area contributed by atoms with Crippen molar-refractivity contribution in [3.8, 4) is 5.75 Å². The summed E-state index contributed by atoms with van der Waals surface area (Å²) in [7, 11) is 0. The van der Waals surface area contributed by atoms with Crippen molar-refractivity contribution in [2.45, 2.75) is 69.9 Å². The maximum absolute atomic E-state index is 11.8. The summed E-state index contributed by atoms with van der Waals surface area (Å²) >= 11 is 0. The van der Waals surface area contributed by atoms with Crippen LogP contribution in [0.1, 0.15) is 50.2 Å². The predicted molar refractivity (Wildman–Crippen MR) is 125 cm³/mol. The van der Waals surface area contributed by atoms with Gasteiger partial charge in [-0.15, -0.1) is 0 Å². The second-order valence-electron chi connectivity index (χ2n) is 8.26. The number of benzene rings is 1. The Morgan fingerprint density at radius 1 is 1.22 bits per heavy atom. The number of carbonyl (C=O) groups is 1. The molecule has 0 aliphatic carbocycles. The Kier molecular flexibility index (Phi) is 8.71. The highest BCUT2D eigenvalue weighted by molar-refractivity contribution is 5.88. The van der Waals surface area contributed by atoms with E-state index in [0.717, 1.165) is 12.0 Å². The van der Waals surface area contributed by atoms with E-state index in [9.17, 15) is 15.0 Å². The molecule has 0 radical (unpaired) electrons. The van der Waals surface area contributed by atoms with Gasteiger partial charge in [0.05, 0.1) is 23.9 Å². The van der Waals surface area contributed by atoms with Gasteiger partial charge >= 0.3 is 0 Å². The zero-order valence-electron chi connectivity index (χ0n) is 18.6. The number of amides is 1. The number of aliphatic hydroxyl groups is 1. The number of phenols is 1. The van der Waals surface area contributed by atoms with E-state index < -0.39 is 6.10 Å². The van der Waals surface area contributed by atoms with Crippen molar-refractivity contribution in [1.82, 2.24) is 5.32 Å². The molecule has 2 aliphatic heterocycles. The van der Waals surface area contributed by atoms with Crippen molar-refractivity contribution >= 4 is 11.7 Å². The monoisotopic (exact) mass is 439 g/mol. The van der Waals surface area contributed by atoms with Crippen LogP contribution in [-0.2, 0) is 20.7 Å². The summed E-state index contributed by atoms with van der Waals surface area (Å²) in [4.78, 5) is 11.8. The number of aromatic hydroxyl groups is 1. The Bertz CT molecular complexity index is 888. The zero-order chi connectivity index (χ0) is 22.9. The van der Waals surface area contributed by atoms with Crippen LogP contribution in [-0.4, -0.2) is 40.5 Å². The van der Waals surface area contributed by atoms with Gasteiger partial charge in [0.1, 0.15) is 17.6 Å². The first-order valence-corrected chi connectivity index (χ1v) is 11.2. The predicted octanol–water partition coefficient (Wildman–Crippen LogP) is 4.15. The van der Waals surface area contributed by atoms with Crippen LogP contribution in [0.5, 0.6) is 5.75 Å². The van der Waals surface area contributed by atoms with E-state index in [1.54, 1.807) is 24.4 Å². The molecule has 6 heteroatoms. The second kappa shape index (κ2) is 11.7. The molecule has 0 saturated carbocycles. The Hall–Kier alpha value is -2.83. The summed E-state index contributed by atoms with van der Waals surface area (Å²) in [5, 5.41) is 23.5. The van der Waals surface area contributed by atoms with Crippen molar-refractivity contribution in [3.05, 3.63) is 72.5 Å². The molecule has 3 rings (SSSR count). The molecule has 172 valence electrons. The smallest absolute Gasteiger partial charge is 0.247 e. The first kappa shape index (κ1) is 23.8. The van der Waals surface area contributed by atoms with Crippen molar-refractivity contribution in [3.63, 3.8) is 0 Å². The Labute approximate surface area is 189 Å². The number of aliphatic hydroxyl groups excluding tert-OH is 1. The SMILES string of the molecule is C=C1OC(C/C=C/NC(=O)/C=C\C=C/CC)CC2CC(O)CC(Cc3cccc(O)c31)O2. The minimum absolute atomic E-state index is 0.117. The summed E-state index contributed by atoms with van der Waals surface area (Å²) in [6, 6.07) is 5.34. The topological polar surface area (TPSA) is 88.0 Å². The van der Waals surface area contributed by atoms with Gasteiger partial charge < -0.3 is 25.0 Å². The second-order valence-corrected chi connectivity index (χ2v) is 8.26. The summed E-state index contributed by atoms with van der Waals surface area (Å²) in [6.07, 6.45) is 13.2. The molecule has 2 aliphatic rings. The van der Waals surface area contributed by atoms with E-state index in [0.29, 0.717) is 43.4 Å². The molecule has 1 amide bonds. The van der Waals surface area contributed by atoms with Gasteiger partial charge in [-0.1, -0.05) is 49.9 Å². The first-order valence-electron chi connectivity index (χ1n) is 11.2. The number of allylic oxidation sites excluding steroid dienone is 3. The quantitative estimate of drug-likeness (QED) is 0.458. The average Bonchev–Trinajstić information content (AvgIpc) is 2.73. The van der Waals surface area contributed by atoms with Crippen molar-refractivity contribution in [2.24, 2.45) is 0 Å². The molecule has 2 heterocycles. The molecule has 4 atom stereocenters. The van der Waals surface area contributed by atoms with E-state index in [2.05, 4.69) is 11.9 Å². The van der Waals surface area contributed by atoms with E-state index in [-0.39, 0.29) is 30.0 Å². The Balaban J connectivity index is 1.70. The number of rotatable bonds is 6. The lowest BCUT2D eigenvalue weighted by atomic mass is 9.90. The normalized spacial score (nSPS) is 26.2. The highest BCUT2D eigenvalue weighted by Crippen LogP contribution is 2.35. The van der Waals surface area contributed by atoms with Crippen LogP contribution in [0, 0.1) is 0 Å². The summed E-state index contributed by atoms with van der Waals surface area (Å²) in [5.74, 6) is 0.330. The highest BCUT2D eigenvalue weighted by Gasteiger charge is 2.33. The van der Waals surface area contributed by atoms with E-state index in [4.69, 9.17) is 9.47 Å². The van der Waals surface area contributed by atoms with Gasteiger partial charge in [0.2, 0.25) is 5.91 Å². The van der Waals surface area contributed by atoms with Gasteiger partial charge in [0.15, 0.2) is 0 Å². The molecule has 0 aromatic heterocycles. The maximum atomic E-state index is 11.8. The third kappa shape index (κ3) is 6.84. The van der Waals surface area contributed by atoms with Crippen molar-refractivity contribution in [1.29, 1.82) is 0 Å². The number of ether oxygens (including phenoxy) is 2. The molecule has 1 aromatic carbocycles. The summed E-state index contributed by atoms with van der Waals surface area (Å²) < 4.78 is 12.4. The average molecular weight is 440 g/mol. The first-order chi connectivity index (χ1) is 15.5. The molecule has 1 fully saturated rings. The van der Waals surface area contributed by atoms with Crippen LogP contribution in [0.15, 0.2) is 61.4 Å². The molecule has 0 spiro atoms. The van der Waals surface area contributed by atoms with Gasteiger partial charge in [-0.2, -0.15) is 0 Å². The van der Waals surface area contributed by atoms with E-state index in [1.165, 1.54) is 6.08 Å². The standard InChI is InChI=1S/C26H33NO5/c1-3-4-5-6-12-25(30)27-13-8-10-21-17-23-16-20(28)15-22(32-23)14-19-9-7-11-24(29)26(19)18(2)31-21/h4-9,11-13,20-23,28-29H,2-3,10,14-17H2,1H3,(H,27,30)/b5-4-,12-6-,13-8+. The summed E-state index contributed by atoms with van der Waals surface area (Å²) in [6.45, 7) is 6.10. The molecular formula is C26H33NO5. The third-order valence-corrected chi connectivity index (χ3v) is 5.62. The molecule has 32 heavy (non-hydrogen) atoms. The minimum Gasteiger partial charge on any atom is -0.507 e. The molecule has 2 bridgehead atoms. The molecule has 1 aromatic rings. The van der Waals surface area contributed by atoms with Crippen molar-refractivity contribution in [2.75, 3.05) is 0 Å². The zero-order valence-corrected chi connectivity index (χ0v) is 18.6. The number of hydrogen-bond donors (Lipinski definition) is 3. The van der Waals surface area contributed by atoms with E-state index >= 15 is 0 Å². The Morgan fingerprint density at radius 2 is 2.03 bits per heavy atom. The number of phenolic OH excluding ortho intramolecular Hbond substituents is 1. The van der Waals surface area contributed by atoms with Gasteiger partial charge in [0.25, 0.3) is 0 Å². The lowest BCUT2D eigenvalue weighted by molar-refractivity contribution is -0.115. The summed E-state index contributed by atoms with van der Waals surface area (Å²) in [5.41, 5.74) is 1.47. The molecular weight excluding hydrogens is 406 g/mol. The van der Waals surface area contributed by atoms with Crippen LogP contribution >= 0.6 is 0 Å². The third-order valence-electron chi connectivity index (χ3n) is 5.62. The number of hydrogen-bond acceptors (Lipinski definition) is 5. The van der Waals surface area contributed by atoms with Crippen LogP contribution in [0.2, 0.25) is 0 Å². The fraction of sp³-hybridized carbons (Fsp3) is 0.423. The molecule has 3 N–H and O–H groups in total. The van der Waals surface area contributed by atoms with Crippen LogP contribution in [0.25, 0.3) is 5.76 Å². The van der Waals surface area contributed by atoms with Crippen LogP contribution in [0.4, 0.5) is 0 Å². The van der Waals surface area contributed by atoms with Gasteiger partial charge in [0, 0.05) is 25.1 Å². The fourth-order valence-electron chi connectivity index (χ4n) is 4.21. The number of carbonyl (C=O) groups excluding carboxylic acids is 1. The molecule has 6 nitrogen and oxygen atoms in total. The van der Waals surface area contributed by atoms with Gasteiger partial charge in [-0.3, -0.25) is 4.79 Å². The highest BCUT2D eigenvalue weighted by atomic mass is 16.5. The molecule has 1 saturated heterocycles. The maximum Gasteiger partial charge on any atom is 0.247 e. The minimum atomic E-state index is -0.425. The van der Waals surface area contributed by atoms with E-state index in [1.807, 2.05) is 31.2 Å². The lowest BCUT2D eigenvalue weighted by Gasteiger charge is -2.36.